The zero-order valence-corrected chi connectivity index (χ0v) is 15.5. The molecule has 1 amide bonds. The van der Waals surface area contributed by atoms with Gasteiger partial charge in [-0.1, -0.05) is 20.8 Å². The number of β-lactam (4-membered cyclic amide) rings is 1. The van der Waals surface area contributed by atoms with Gasteiger partial charge in [0, 0.05) is 18.4 Å². The number of amides is 1. The minimum absolute atomic E-state index is 0.000539. The highest BCUT2D eigenvalue weighted by Gasteiger charge is 2.53. The molecule has 2 aliphatic rings. The van der Waals surface area contributed by atoms with E-state index in [-0.39, 0.29) is 41.0 Å². The van der Waals surface area contributed by atoms with Gasteiger partial charge in [0.05, 0.1) is 30.8 Å². The van der Waals surface area contributed by atoms with Crippen molar-refractivity contribution in [1.82, 2.24) is 5.32 Å². The van der Waals surface area contributed by atoms with Crippen molar-refractivity contribution in [1.29, 1.82) is 5.26 Å². The second-order valence-corrected chi connectivity index (χ2v) is 12.8. The average Bonchev–Trinajstić information content (AvgIpc) is 3.15. The van der Waals surface area contributed by atoms with Crippen LogP contribution >= 0.6 is 0 Å². The lowest BCUT2D eigenvalue weighted by Crippen LogP contribution is -2.66. The number of ether oxygens (including phenoxy) is 1. The van der Waals surface area contributed by atoms with Crippen molar-refractivity contribution in [3.8, 4) is 6.07 Å². The highest BCUT2D eigenvalue weighted by atomic mass is 28.4. The summed E-state index contributed by atoms with van der Waals surface area (Å²) in [6.07, 6.45) is 0.409. The normalized spacial score (nSPS) is 30.8. The van der Waals surface area contributed by atoms with Crippen LogP contribution in [-0.2, 0) is 14.0 Å². The molecule has 2 rings (SSSR count). The lowest BCUT2D eigenvalue weighted by atomic mass is 9.76. The number of nitrogens with one attached hydrogen (secondary N) is 1. The summed E-state index contributed by atoms with van der Waals surface area (Å²) in [5.74, 6) is -0.0466. The number of nitrogens with zero attached hydrogens (tertiary/aromatic N) is 1. The third-order valence-electron chi connectivity index (χ3n) is 5.42. The summed E-state index contributed by atoms with van der Waals surface area (Å²) < 4.78 is 11.8. The molecule has 0 aromatic heterocycles. The molecule has 0 bridgehead atoms. The molecule has 1 N–H and O–H groups in total. The molecule has 5 nitrogen and oxygen atoms in total. The van der Waals surface area contributed by atoms with Gasteiger partial charge in [-0.3, -0.25) is 4.79 Å². The molecule has 6 heteroatoms. The number of hydrogen-bond acceptors (Lipinski definition) is 4. The predicted molar refractivity (Wildman–Crippen MR) is 86.6 cm³/mol. The number of rotatable bonds is 6. The Hall–Kier alpha value is -0.903. The average molecular weight is 324 g/mol. The Bertz CT molecular complexity index is 477. The monoisotopic (exact) mass is 324 g/mol. The van der Waals surface area contributed by atoms with Crippen LogP contribution in [0, 0.1) is 23.2 Å². The van der Waals surface area contributed by atoms with Crippen LogP contribution in [0.15, 0.2) is 0 Å². The number of nitriles is 1. The maximum atomic E-state index is 12.1. The van der Waals surface area contributed by atoms with E-state index in [1.807, 2.05) is 6.92 Å². The number of carbonyl (C=O) groups is 1. The summed E-state index contributed by atoms with van der Waals surface area (Å²) in [7, 11) is -1.91. The van der Waals surface area contributed by atoms with E-state index < -0.39 is 8.32 Å². The van der Waals surface area contributed by atoms with Crippen molar-refractivity contribution in [2.24, 2.45) is 11.8 Å². The number of hydrogen-bond donors (Lipinski definition) is 1. The van der Waals surface area contributed by atoms with E-state index in [1.165, 1.54) is 0 Å². The van der Waals surface area contributed by atoms with Gasteiger partial charge in [-0.05, 0) is 25.1 Å². The van der Waals surface area contributed by atoms with Crippen molar-refractivity contribution >= 4 is 14.2 Å². The van der Waals surface area contributed by atoms with Gasteiger partial charge in [0.15, 0.2) is 8.32 Å². The van der Waals surface area contributed by atoms with Crippen LogP contribution in [0.4, 0.5) is 0 Å². The molecule has 2 saturated heterocycles. The highest BCUT2D eigenvalue weighted by Crippen LogP contribution is 2.41. The first-order valence-electron chi connectivity index (χ1n) is 8.05. The molecule has 2 fully saturated rings. The minimum Gasteiger partial charge on any atom is -0.413 e. The summed E-state index contributed by atoms with van der Waals surface area (Å²) >= 11 is 0. The fourth-order valence-corrected chi connectivity index (χ4v) is 4.34. The van der Waals surface area contributed by atoms with Crippen LogP contribution in [0.3, 0.4) is 0 Å². The predicted octanol–water partition coefficient (Wildman–Crippen LogP) is 2.44. The Balaban J connectivity index is 2.06. The molecule has 0 saturated carbocycles. The summed E-state index contributed by atoms with van der Waals surface area (Å²) in [6.45, 7) is 13.7. The number of carbonyl (C=O) groups excluding carboxylic acids is 1. The topological polar surface area (TPSA) is 74.6 Å². The third kappa shape index (κ3) is 3.37. The molecule has 0 spiro atoms. The fourth-order valence-electron chi connectivity index (χ4n) is 2.91. The van der Waals surface area contributed by atoms with Crippen molar-refractivity contribution < 1.29 is 14.0 Å². The Kier molecular flexibility index (Phi) is 4.72. The van der Waals surface area contributed by atoms with E-state index >= 15 is 0 Å². The first kappa shape index (κ1) is 17.5. The molecular weight excluding hydrogens is 296 g/mol. The first-order valence-corrected chi connectivity index (χ1v) is 11.0. The Morgan fingerprint density at radius 1 is 1.50 bits per heavy atom. The first-order chi connectivity index (χ1) is 10.1. The van der Waals surface area contributed by atoms with Crippen molar-refractivity contribution in [3.63, 3.8) is 0 Å². The maximum absolute atomic E-state index is 12.1. The van der Waals surface area contributed by atoms with E-state index in [1.54, 1.807) is 0 Å². The maximum Gasteiger partial charge on any atom is 0.228 e. The molecule has 124 valence electrons. The van der Waals surface area contributed by atoms with E-state index in [4.69, 9.17) is 14.4 Å². The van der Waals surface area contributed by atoms with E-state index in [2.05, 4.69) is 45.3 Å². The fraction of sp³-hybridized carbons (Fsp3) is 0.875. The quantitative estimate of drug-likeness (QED) is 0.462. The molecule has 0 aliphatic carbocycles. The standard InChI is InChI=1S/C16H28N2O3Si/c1-10(21-22(5,6)16(2,3)4)13-14(18-15(13)19)11(7-8-17)12-9-20-12/h10-14H,7,9H2,1-6H3,(H,18,19)/t10-,11+,12+,13-,14-/m1/s1. The minimum atomic E-state index is -1.91. The lowest BCUT2D eigenvalue weighted by Gasteiger charge is -2.47. The zero-order valence-electron chi connectivity index (χ0n) is 14.5. The second-order valence-electron chi connectivity index (χ2n) is 8.04. The summed E-state index contributed by atoms with van der Waals surface area (Å²) in [5, 5.41) is 12.1. The largest absolute Gasteiger partial charge is 0.413 e. The Morgan fingerprint density at radius 3 is 2.50 bits per heavy atom. The van der Waals surface area contributed by atoms with Gasteiger partial charge in [0.25, 0.3) is 0 Å². The molecule has 0 aromatic carbocycles. The summed E-state index contributed by atoms with van der Waals surface area (Å²) in [6, 6.07) is 2.22. The second kappa shape index (κ2) is 5.95. The van der Waals surface area contributed by atoms with Crippen LogP contribution in [-0.4, -0.2) is 39.1 Å². The van der Waals surface area contributed by atoms with Crippen LogP contribution in [0.25, 0.3) is 0 Å². The Labute approximate surface area is 134 Å². The van der Waals surface area contributed by atoms with Gasteiger partial charge in [-0.15, -0.1) is 0 Å². The third-order valence-corrected chi connectivity index (χ3v) is 9.99. The van der Waals surface area contributed by atoms with Crippen LogP contribution in [0.1, 0.15) is 34.1 Å². The molecule has 2 aliphatic heterocycles. The lowest BCUT2D eigenvalue weighted by molar-refractivity contribution is -0.142. The van der Waals surface area contributed by atoms with Gasteiger partial charge >= 0.3 is 0 Å². The molecule has 22 heavy (non-hydrogen) atoms. The van der Waals surface area contributed by atoms with Crippen LogP contribution in [0.5, 0.6) is 0 Å². The summed E-state index contributed by atoms with van der Waals surface area (Å²) in [4.78, 5) is 12.1. The van der Waals surface area contributed by atoms with E-state index in [9.17, 15) is 4.79 Å². The van der Waals surface area contributed by atoms with E-state index in [0.717, 1.165) is 0 Å². The van der Waals surface area contributed by atoms with E-state index in [0.29, 0.717) is 13.0 Å². The van der Waals surface area contributed by atoms with Gasteiger partial charge in [0.1, 0.15) is 0 Å². The van der Waals surface area contributed by atoms with Crippen molar-refractivity contribution in [3.05, 3.63) is 0 Å². The van der Waals surface area contributed by atoms with Gasteiger partial charge in [-0.25, -0.2) is 0 Å². The van der Waals surface area contributed by atoms with Gasteiger partial charge in [-0.2, -0.15) is 5.26 Å². The molecular formula is C16H28N2O3Si. The molecule has 5 atom stereocenters. The van der Waals surface area contributed by atoms with Crippen molar-refractivity contribution in [2.45, 2.75) is 70.5 Å². The molecule has 0 unspecified atom stereocenters. The Morgan fingerprint density at radius 2 is 2.09 bits per heavy atom. The summed E-state index contributed by atoms with van der Waals surface area (Å²) in [5.41, 5.74) is 0. The number of epoxide rings is 1. The molecule has 0 aromatic rings. The highest BCUT2D eigenvalue weighted by molar-refractivity contribution is 6.74. The van der Waals surface area contributed by atoms with Gasteiger partial charge in [0.2, 0.25) is 5.91 Å². The molecule has 0 radical (unpaired) electrons. The van der Waals surface area contributed by atoms with Crippen LogP contribution < -0.4 is 5.32 Å². The smallest absolute Gasteiger partial charge is 0.228 e. The van der Waals surface area contributed by atoms with Crippen molar-refractivity contribution in [2.75, 3.05) is 6.61 Å². The van der Waals surface area contributed by atoms with Crippen LogP contribution in [0.2, 0.25) is 18.1 Å². The molecule has 2 heterocycles. The van der Waals surface area contributed by atoms with Gasteiger partial charge < -0.3 is 14.5 Å². The zero-order chi connectivity index (χ0) is 16.7. The SMILES string of the molecule is C[C@@H](O[Si](C)(C)C(C)(C)C)[C@H]1C(=O)N[C@@H]1[C@@H](CC#N)[C@@H]1CO1.